The van der Waals surface area contributed by atoms with E-state index in [1.807, 2.05) is 6.07 Å². The maximum absolute atomic E-state index is 12.9. The molecule has 1 atom stereocenters. The zero-order chi connectivity index (χ0) is 21.5. The van der Waals surface area contributed by atoms with E-state index in [0.29, 0.717) is 4.88 Å². The quantitative estimate of drug-likeness (QED) is 0.725. The summed E-state index contributed by atoms with van der Waals surface area (Å²) in [6.07, 6.45) is -1.69. The number of hydrogen-bond acceptors (Lipinski definition) is 4. The standard InChI is InChI=1S/C20H18F3N3O3S/c21-20(22,23)13-4-2-5-14(9-13)26-10-12(8-17(26)27)18(28)24-25-19(29)16-7-11-3-1-6-15(11)30-16/h2,4-5,7,9,12H,1,3,6,8,10H2,(H,24,28)(H,25,29). The number of anilines is 1. The Morgan fingerprint density at radius 3 is 2.67 bits per heavy atom. The van der Waals surface area contributed by atoms with E-state index in [4.69, 9.17) is 0 Å². The minimum absolute atomic E-state index is 0.0604. The van der Waals surface area contributed by atoms with Crippen molar-refractivity contribution in [3.8, 4) is 0 Å². The van der Waals surface area contributed by atoms with E-state index in [0.717, 1.165) is 41.9 Å². The molecule has 0 saturated carbocycles. The summed E-state index contributed by atoms with van der Waals surface area (Å²) in [5.41, 5.74) is 5.06. The van der Waals surface area contributed by atoms with Crippen LogP contribution in [0.4, 0.5) is 18.9 Å². The minimum Gasteiger partial charge on any atom is -0.312 e. The fraction of sp³-hybridized carbons (Fsp3) is 0.350. The lowest BCUT2D eigenvalue weighted by atomic mass is 10.1. The summed E-state index contributed by atoms with van der Waals surface area (Å²) >= 11 is 1.40. The normalized spacial score (nSPS) is 18.4. The lowest BCUT2D eigenvalue weighted by molar-refractivity contribution is -0.137. The number of amides is 3. The number of rotatable bonds is 3. The number of thiophene rings is 1. The van der Waals surface area contributed by atoms with Crippen LogP contribution in [0.15, 0.2) is 30.3 Å². The number of aryl methyl sites for hydroxylation is 2. The monoisotopic (exact) mass is 437 g/mol. The van der Waals surface area contributed by atoms with E-state index in [1.54, 1.807) is 0 Å². The van der Waals surface area contributed by atoms with Crippen molar-refractivity contribution >= 4 is 34.7 Å². The first-order chi connectivity index (χ1) is 14.2. The van der Waals surface area contributed by atoms with Gasteiger partial charge in [0.25, 0.3) is 5.91 Å². The summed E-state index contributed by atoms with van der Waals surface area (Å²) < 4.78 is 38.8. The van der Waals surface area contributed by atoms with E-state index in [9.17, 15) is 27.6 Å². The largest absolute Gasteiger partial charge is 0.416 e. The SMILES string of the molecule is O=C(NNC(=O)C1CC(=O)N(c2cccc(C(F)(F)F)c2)C1)c1cc2c(s1)CCC2. The average molecular weight is 437 g/mol. The van der Waals surface area contributed by atoms with Crippen molar-refractivity contribution in [2.45, 2.75) is 31.9 Å². The fourth-order valence-electron chi connectivity index (χ4n) is 3.71. The van der Waals surface area contributed by atoms with Crippen molar-refractivity contribution in [3.05, 3.63) is 51.2 Å². The molecule has 3 amide bonds. The van der Waals surface area contributed by atoms with Gasteiger partial charge in [0, 0.05) is 23.5 Å². The van der Waals surface area contributed by atoms with Crippen LogP contribution in [0, 0.1) is 5.92 Å². The minimum atomic E-state index is -4.53. The zero-order valence-corrected chi connectivity index (χ0v) is 16.5. The van der Waals surface area contributed by atoms with E-state index in [2.05, 4.69) is 10.9 Å². The molecule has 6 nitrogen and oxygen atoms in total. The van der Waals surface area contributed by atoms with Gasteiger partial charge in [0.05, 0.1) is 16.4 Å². The number of nitrogens with one attached hydrogen (secondary N) is 2. The van der Waals surface area contributed by atoms with Crippen molar-refractivity contribution in [2.75, 3.05) is 11.4 Å². The van der Waals surface area contributed by atoms with Crippen LogP contribution in [0.25, 0.3) is 0 Å². The Morgan fingerprint density at radius 2 is 1.93 bits per heavy atom. The summed E-state index contributed by atoms with van der Waals surface area (Å²) in [5.74, 6) is -2.21. The van der Waals surface area contributed by atoms with E-state index < -0.39 is 35.4 Å². The van der Waals surface area contributed by atoms with Gasteiger partial charge in [-0.2, -0.15) is 13.2 Å². The molecule has 30 heavy (non-hydrogen) atoms. The average Bonchev–Trinajstić information content (AvgIpc) is 3.39. The Hall–Kier alpha value is -2.88. The van der Waals surface area contributed by atoms with Crippen LogP contribution in [0.3, 0.4) is 0 Å². The molecule has 4 rings (SSSR count). The van der Waals surface area contributed by atoms with Crippen LogP contribution in [0.1, 0.15) is 38.5 Å². The molecule has 1 aromatic carbocycles. The molecule has 0 radical (unpaired) electrons. The second kappa shape index (κ2) is 7.75. The molecular formula is C20H18F3N3O3S. The number of alkyl halides is 3. The third-order valence-electron chi connectivity index (χ3n) is 5.25. The van der Waals surface area contributed by atoms with Gasteiger partial charge in [-0.25, -0.2) is 0 Å². The Balaban J connectivity index is 1.36. The number of halogens is 3. The number of benzene rings is 1. The molecule has 1 saturated heterocycles. The fourth-order valence-corrected chi connectivity index (χ4v) is 4.85. The highest BCUT2D eigenvalue weighted by Gasteiger charge is 2.37. The van der Waals surface area contributed by atoms with Gasteiger partial charge in [-0.1, -0.05) is 6.07 Å². The van der Waals surface area contributed by atoms with E-state index in [1.165, 1.54) is 28.3 Å². The molecule has 1 aliphatic heterocycles. The molecule has 158 valence electrons. The third kappa shape index (κ3) is 4.04. The van der Waals surface area contributed by atoms with Crippen molar-refractivity contribution in [2.24, 2.45) is 5.92 Å². The summed E-state index contributed by atoms with van der Waals surface area (Å²) in [6.45, 7) is -0.0604. The van der Waals surface area contributed by atoms with Crippen LogP contribution < -0.4 is 15.8 Å². The van der Waals surface area contributed by atoms with Crippen molar-refractivity contribution < 1.29 is 27.6 Å². The second-order valence-corrected chi connectivity index (χ2v) is 8.45. The van der Waals surface area contributed by atoms with Gasteiger partial charge in [0.15, 0.2) is 0 Å². The Bertz CT molecular complexity index is 997. The molecule has 0 spiro atoms. The molecular weight excluding hydrogens is 419 g/mol. The number of fused-ring (bicyclic) bond motifs is 1. The van der Waals surface area contributed by atoms with Crippen LogP contribution in [0.5, 0.6) is 0 Å². The number of hydrazine groups is 1. The first kappa shape index (κ1) is 20.4. The third-order valence-corrected chi connectivity index (χ3v) is 6.49. The Kier molecular flexibility index (Phi) is 5.27. The van der Waals surface area contributed by atoms with E-state index in [-0.39, 0.29) is 18.7 Å². The number of carbonyl (C=O) groups is 3. The lowest BCUT2D eigenvalue weighted by Crippen LogP contribution is -2.45. The topological polar surface area (TPSA) is 78.5 Å². The predicted octanol–water partition coefficient (Wildman–Crippen LogP) is 3.07. The molecule has 2 aliphatic rings. The van der Waals surface area contributed by atoms with Gasteiger partial charge in [0.1, 0.15) is 0 Å². The first-order valence-electron chi connectivity index (χ1n) is 9.42. The summed E-state index contributed by atoms with van der Waals surface area (Å²) in [6, 6.07) is 6.24. The maximum Gasteiger partial charge on any atom is 0.416 e. The summed E-state index contributed by atoms with van der Waals surface area (Å²) in [4.78, 5) is 39.8. The second-order valence-electron chi connectivity index (χ2n) is 7.31. The highest BCUT2D eigenvalue weighted by molar-refractivity contribution is 7.14. The summed E-state index contributed by atoms with van der Waals surface area (Å²) in [7, 11) is 0. The van der Waals surface area contributed by atoms with Crippen molar-refractivity contribution in [1.29, 1.82) is 0 Å². The maximum atomic E-state index is 12.9. The molecule has 10 heteroatoms. The van der Waals surface area contributed by atoms with Gasteiger partial charge >= 0.3 is 6.18 Å². The highest BCUT2D eigenvalue weighted by Crippen LogP contribution is 2.33. The van der Waals surface area contributed by atoms with Crippen LogP contribution in [0.2, 0.25) is 0 Å². The van der Waals surface area contributed by atoms with Gasteiger partial charge in [0.2, 0.25) is 11.8 Å². The van der Waals surface area contributed by atoms with Crippen LogP contribution in [-0.4, -0.2) is 24.3 Å². The zero-order valence-electron chi connectivity index (χ0n) is 15.7. The molecule has 1 unspecified atom stereocenters. The summed E-state index contributed by atoms with van der Waals surface area (Å²) in [5, 5.41) is 0. The van der Waals surface area contributed by atoms with Gasteiger partial charge < -0.3 is 4.90 Å². The molecule has 2 heterocycles. The van der Waals surface area contributed by atoms with Gasteiger partial charge in [-0.15, -0.1) is 11.3 Å². The smallest absolute Gasteiger partial charge is 0.312 e. The van der Waals surface area contributed by atoms with Crippen molar-refractivity contribution in [1.82, 2.24) is 10.9 Å². The molecule has 1 aromatic heterocycles. The first-order valence-corrected chi connectivity index (χ1v) is 10.2. The predicted molar refractivity (Wildman–Crippen MR) is 104 cm³/mol. The molecule has 1 aliphatic carbocycles. The number of nitrogens with zero attached hydrogens (tertiary/aromatic N) is 1. The number of hydrogen-bond donors (Lipinski definition) is 2. The molecule has 2 aromatic rings. The Labute approximate surface area is 174 Å². The molecule has 1 fully saturated rings. The van der Waals surface area contributed by atoms with Gasteiger partial charge in [-0.05, 0) is 49.1 Å². The molecule has 2 N–H and O–H groups in total. The van der Waals surface area contributed by atoms with E-state index >= 15 is 0 Å². The van der Waals surface area contributed by atoms with Crippen molar-refractivity contribution in [3.63, 3.8) is 0 Å². The van der Waals surface area contributed by atoms with Crippen LogP contribution >= 0.6 is 11.3 Å². The molecule has 0 bridgehead atoms. The Morgan fingerprint density at radius 1 is 1.13 bits per heavy atom. The number of carbonyl (C=O) groups excluding carboxylic acids is 3. The van der Waals surface area contributed by atoms with Gasteiger partial charge in [-0.3, -0.25) is 25.2 Å². The highest BCUT2D eigenvalue weighted by atomic mass is 32.1. The van der Waals surface area contributed by atoms with Crippen LogP contribution in [-0.2, 0) is 28.6 Å². The lowest BCUT2D eigenvalue weighted by Gasteiger charge is -2.18.